The molecule has 1 aliphatic heterocycles. The first kappa shape index (κ1) is 20.7. The average Bonchev–Trinajstić information content (AvgIpc) is 3.09. The van der Waals surface area contributed by atoms with Crippen molar-refractivity contribution >= 4 is 15.8 Å². The Morgan fingerprint density at radius 3 is 2.42 bits per heavy atom. The zero-order valence-electron chi connectivity index (χ0n) is 16.5. The Balaban J connectivity index is 2.05. The molecule has 0 aromatic heterocycles. The number of likely N-dealkylation sites (tertiary alicyclic amines) is 1. The van der Waals surface area contributed by atoms with E-state index in [0.717, 1.165) is 43.0 Å². The second kappa shape index (κ2) is 9.40. The van der Waals surface area contributed by atoms with Gasteiger partial charge in [-0.25, -0.2) is 13.4 Å². The van der Waals surface area contributed by atoms with Crippen LogP contribution in [0.15, 0.2) is 34.2 Å². The van der Waals surface area contributed by atoms with Gasteiger partial charge < -0.3 is 10.2 Å². The number of benzene rings is 1. The van der Waals surface area contributed by atoms with Crippen LogP contribution < -0.4 is 5.32 Å². The van der Waals surface area contributed by atoms with Crippen LogP contribution in [0.4, 0.5) is 0 Å². The first-order valence-corrected chi connectivity index (χ1v) is 11.6. The van der Waals surface area contributed by atoms with Gasteiger partial charge in [0.05, 0.1) is 11.4 Å². The molecule has 0 spiro atoms. The van der Waals surface area contributed by atoms with Crippen molar-refractivity contribution in [2.45, 2.75) is 51.5 Å². The normalized spacial score (nSPS) is 18.6. The number of sulfone groups is 1. The molecule has 1 atom stereocenters. The number of rotatable bonds is 7. The molecule has 0 aliphatic carbocycles. The number of hydrogen-bond acceptors (Lipinski definition) is 3. The molecule has 1 N–H and O–H groups in total. The third-order valence-electron chi connectivity index (χ3n) is 5.34. The zero-order valence-corrected chi connectivity index (χ0v) is 17.3. The zero-order chi connectivity index (χ0) is 19.2. The van der Waals surface area contributed by atoms with Crippen LogP contribution in [0.2, 0.25) is 0 Å². The Kier molecular flexibility index (Phi) is 7.50. The molecule has 0 saturated carbocycles. The summed E-state index contributed by atoms with van der Waals surface area (Å²) < 4.78 is 23.1. The van der Waals surface area contributed by atoms with E-state index in [2.05, 4.69) is 31.0 Å². The highest BCUT2D eigenvalue weighted by Crippen LogP contribution is 2.28. The minimum atomic E-state index is -3.15. The van der Waals surface area contributed by atoms with Gasteiger partial charge in [0.1, 0.15) is 0 Å². The van der Waals surface area contributed by atoms with Crippen LogP contribution in [0, 0.1) is 11.8 Å². The first-order chi connectivity index (χ1) is 12.4. The summed E-state index contributed by atoms with van der Waals surface area (Å²) >= 11 is 0. The number of hydrogen-bond donors (Lipinski definition) is 1. The lowest BCUT2D eigenvalue weighted by atomic mass is 9.87. The Morgan fingerprint density at radius 2 is 1.88 bits per heavy atom. The van der Waals surface area contributed by atoms with E-state index in [1.54, 1.807) is 12.1 Å². The summed E-state index contributed by atoms with van der Waals surface area (Å²) in [6.45, 7) is 10.2. The van der Waals surface area contributed by atoms with Gasteiger partial charge in [0, 0.05) is 25.9 Å². The van der Waals surface area contributed by atoms with E-state index in [1.807, 2.05) is 12.1 Å². The number of nitrogens with one attached hydrogen (secondary N) is 1. The molecule has 1 fully saturated rings. The summed E-state index contributed by atoms with van der Waals surface area (Å²) in [6.07, 6.45) is 4.96. The Bertz CT molecular complexity index is 694. The summed E-state index contributed by atoms with van der Waals surface area (Å²) in [7, 11) is -3.15. The maximum atomic E-state index is 11.6. The van der Waals surface area contributed by atoms with Crippen molar-refractivity contribution in [2.75, 3.05) is 25.9 Å². The van der Waals surface area contributed by atoms with E-state index in [0.29, 0.717) is 11.4 Å². The van der Waals surface area contributed by atoms with E-state index in [4.69, 9.17) is 4.99 Å². The standard InChI is InChI=1S/C20H33N3O2S/c1-5-17(6-2)18-12-13-23(15-18)20(21-7-3)22-14-16-8-10-19(11-9-16)26(4,24)25/h8-11,17-18H,5-7,12-15H2,1-4H3,(H,21,22). The van der Waals surface area contributed by atoms with Gasteiger partial charge in [-0.2, -0.15) is 0 Å². The molecule has 1 aromatic rings. The van der Waals surface area contributed by atoms with E-state index >= 15 is 0 Å². The fourth-order valence-corrected chi connectivity index (χ4v) is 4.38. The molecule has 1 aromatic carbocycles. The molecule has 2 rings (SSSR count). The van der Waals surface area contributed by atoms with Crippen LogP contribution in [0.3, 0.4) is 0 Å². The quantitative estimate of drug-likeness (QED) is 0.583. The number of nitrogens with zero attached hydrogens (tertiary/aromatic N) is 2. The molecule has 1 heterocycles. The molecule has 5 nitrogen and oxygen atoms in total. The van der Waals surface area contributed by atoms with Crippen molar-refractivity contribution in [1.82, 2.24) is 10.2 Å². The van der Waals surface area contributed by atoms with Crippen molar-refractivity contribution in [2.24, 2.45) is 16.8 Å². The monoisotopic (exact) mass is 379 g/mol. The summed E-state index contributed by atoms with van der Waals surface area (Å²) in [5.74, 6) is 2.52. The molecule has 1 saturated heterocycles. The van der Waals surface area contributed by atoms with Gasteiger partial charge >= 0.3 is 0 Å². The van der Waals surface area contributed by atoms with E-state index in [-0.39, 0.29) is 0 Å². The Morgan fingerprint density at radius 1 is 1.23 bits per heavy atom. The molecule has 1 aliphatic rings. The number of guanidine groups is 1. The second-order valence-corrected chi connectivity index (χ2v) is 9.17. The fourth-order valence-electron chi connectivity index (χ4n) is 3.75. The largest absolute Gasteiger partial charge is 0.357 e. The van der Waals surface area contributed by atoms with Crippen LogP contribution in [-0.4, -0.2) is 45.2 Å². The summed E-state index contributed by atoms with van der Waals surface area (Å²) in [4.78, 5) is 7.51. The average molecular weight is 380 g/mol. The summed E-state index contributed by atoms with van der Waals surface area (Å²) in [5.41, 5.74) is 1.02. The summed E-state index contributed by atoms with van der Waals surface area (Å²) in [5, 5.41) is 3.41. The molecule has 1 unspecified atom stereocenters. The molecule has 146 valence electrons. The lowest BCUT2D eigenvalue weighted by Gasteiger charge is -2.24. The third-order valence-corrected chi connectivity index (χ3v) is 6.47. The van der Waals surface area contributed by atoms with E-state index < -0.39 is 9.84 Å². The molecule has 0 radical (unpaired) electrons. The Labute approximate surface area is 158 Å². The van der Waals surface area contributed by atoms with Gasteiger partial charge in [-0.05, 0) is 42.9 Å². The molecule has 0 amide bonds. The Hall–Kier alpha value is -1.56. The molecular formula is C20H33N3O2S. The first-order valence-electron chi connectivity index (χ1n) is 9.71. The van der Waals surface area contributed by atoms with Crippen molar-refractivity contribution in [3.63, 3.8) is 0 Å². The van der Waals surface area contributed by atoms with Crippen LogP contribution in [-0.2, 0) is 16.4 Å². The molecule has 26 heavy (non-hydrogen) atoms. The maximum absolute atomic E-state index is 11.6. The van der Waals surface area contributed by atoms with Gasteiger partial charge in [-0.3, -0.25) is 0 Å². The van der Waals surface area contributed by atoms with Crippen molar-refractivity contribution in [3.8, 4) is 0 Å². The second-order valence-electron chi connectivity index (χ2n) is 7.16. The lowest BCUT2D eigenvalue weighted by Crippen LogP contribution is -2.40. The van der Waals surface area contributed by atoms with E-state index in [9.17, 15) is 8.42 Å². The van der Waals surface area contributed by atoms with Gasteiger partial charge in [0.25, 0.3) is 0 Å². The highest BCUT2D eigenvalue weighted by molar-refractivity contribution is 7.90. The van der Waals surface area contributed by atoms with Crippen LogP contribution in [0.25, 0.3) is 0 Å². The van der Waals surface area contributed by atoms with Crippen LogP contribution in [0.5, 0.6) is 0 Å². The maximum Gasteiger partial charge on any atom is 0.194 e. The third kappa shape index (κ3) is 5.47. The van der Waals surface area contributed by atoms with Crippen molar-refractivity contribution in [1.29, 1.82) is 0 Å². The van der Waals surface area contributed by atoms with Crippen molar-refractivity contribution in [3.05, 3.63) is 29.8 Å². The highest BCUT2D eigenvalue weighted by atomic mass is 32.2. The number of aliphatic imine (C=N–C) groups is 1. The summed E-state index contributed by atoms with van der Waals surface area (Å²) in [6, 6.07) is 7.01. The van der Waals surface area contributed by atoms with Crippen molar-refractivity contribution < 1.29 is 8.42 Å². The smallest absolute Gasteiger partial charge is 0.194 e. The van der Waals surface area contributed by atoms with Gasteiger partial charge in [-0.15, -0.1) is 0 Å². The minimum Gasteiger partial charge on any atom is -0.357 e. The van der Waals surface area contributed by atoms with Crippen LogP contribution >= 0.6 is 0 Å². The SMILES string of the molecule is CCNC(=NCc1ccc(S(C)(=O)=O)cc1)N1CCC(C(CC)CC)C1. The minimum absolute atomic E-state index is 0.352. The van der Waals surface area contributed by atoms with Gasteiger partial charge in [0.15, 0.2) is 15.8 Å². The topological polar surface area (TPSA) is 61.8 Å². The van der Waals surface area contributed by atoms with E-state index in [1.165, 1.54) is 25.5 Å². The van der Waals surface area contributed by atoms with Crippen LogP contribution in [0.1, 0.15) is 45.6 Å². The lowest BCUT2D eigenvalue weighted by molar-refractivity contribution is 0.319. The van der Waals surface area contributed by atoms with Gasteiger partial charge in [-0.1, -0.05) is 38.8 Å². The molecular weight excluding hydrogens is 346 g/mol. The molecule has 6 heteroatoms. The highest BCUT2D eigenvalue weighted by Gasteiger charge is 2.29. The van der Waals surface area contributed by atoms with Gasteiger partial charge in [0.2, 0.25) is 0 Å². The predicted octanol–water partition coefficient (Wildman–Crippen LogP) is 3.31. The predicted molar refractivity (Wildman–Crippen MR) is 108 cm³/mol. The fraction of sp³-hybridized carbons (Fsp3) is 0.650. The molecule has 0 bridgehead atoms.